The molecule has 0 aliphatic rings. The van der Waals surface area contributed by atoms with Crippen LogP contribution in [0.3, 0.4) is 0 Å². The van der Waals surface area contributed by atoms with E-state index in [2.05, 4.69) is 0 Å². The van der Waals surface area contributed by atoms with Crippen molar-refractivity contribution < 1.29 is 14.9 Å². The van der Waals surface area contributed by atoms with E-state index in [1.165, 1.54) is 7.11 Å². The van der Waals surface area contributed by atoms with Crippen LogP contribution in [0.4, 0.5) is 0 Å². The van der Waals surface area contributed by atoms with Gasteiger partial charge in [0.25, 0.3) is 0 Å². The van der Waals surface area contributed by atoms with E-state index >= 15 is 0 Å². The van der Waals surface area contributed by atoms with Crippen LogP contribution in [0.2, 0.25) is 5.02 Å². The van der Waals surface area contributed by atoms with Gasteiger partial charge in [0.1, 0.15) is 11.9 Å². The highest BCUT2D eigenvalue weighted by molar-refractivity contribution is 6.31. The number of rotatable bonds is 5. The molecule has 0 saturated carbocycles. The number of benzene rings is 1. The van der Waals surface area contributed by atoms with Crippen molar-refractivity contribution in [2.75, 3.05) is 13.7 Å². The lowest BCUT2D eigenvalue weighted by molar-refractivity contribution is 0.0150. The van der Waals surface area contributed by atoms with Gasteiger partial charge in [-0.15, -0.1) is 0 Å². The molecule has 0 heterocycles. The van der Waals surface area contributed by atoms with E-state index in [1.54, 1.807) is 18.2 Å². The minimum Gasteiger partial charge on any atom is -0.497 e. The van der Waals surface area contributed by atoms with E-state index in [4.69, 9.17) is 22.1 Å². The standard InChI is InChI=1S/C11H16ClNO3/c1-16-7-2-3-9(12)8(6-7)11(15)10(14)4-5-13/h2-3,6,10-11,14-15H,4-5,13H2,1H3. The largest absolute Gasteiger partial charge is 0.497 e. The molecule has 1 aromatic carbocycles. The number of aliphatic hydroxyl groups is 2. The maximum absolute atomic E-state index is 9.88. The summed E-state index contributed by atoms with van der Waals surface area (Å²) in [6, 6.07) is 4.91. The molecule has 0 spiro atoms. The topological polar surface area (TPSA) is 75.7 Å². The van der Waals surface area contributed by atoms with Crippen LogP contribution in [0, 0.1) is 0 Å². The molecular formula is C11H16ClNO3. The van der Waals surface area contributed by atoms with Gasteiger partial charge in [0.2, 0.25) is 0 Å². The van der Waals surface area contributed by atoms with Crippen molar-refractivity contribution >= 4 is 11.6 Å². The van der Waals surface area contributed by atoms with Crippen LogP contribution < -0.4 is 10.5 Å². The third kappa shape index (κ3) is 3.09. The maximum Gasteiger partial charge on any atom is 0.119 e. The van der Waals surface area contributed by atoms with Crippen LogP contribution in [0.25, 0.3) is 0 Å². The van der Waals surface area contributed by atoms with Crippen molar-refractivity contribution in [2.24, 2.45) is 5.73 Å². The summed E-state index contributed by atoms with van der Waals surface area (Å²) in [4.78, 5) is 0. The van der Waals surface area contributed by atoms with Crippen molar-refractivity contribution in [3.63, 3.8) is 0 Å². The lowest BCUT2D eigenvalue weighted by Crippen LogP contribution is -2.22. The Morgan fingerprint density at radius 1 is 1.44 bits per heavy atom. The van der Waals surface area contributed by atoms with Gasteiger partial charge in [0, 0.05) is 10.6 Å². The highest BCUT2D eigenvalue weighted by Crippen LogP contribution is 2.29. The molecular weight excluding hydrogens is 230 g/mol. The fourth-order valence-corrected chi connectivity index (χ4v) is 1.64. The minimum atomic E-state index is -1.05. The molecule has 4 N–H and O–H groups in total. The van der Waals surface area contributed by atoms with Gasteiger partial charge in [-0.2, -0.15) is 0 Å². The molecule has 0 saturated heterocycles. The van der Waals surface area contributed by atoms with E-state index in [0.717, 1.165) is 0 Å². The second-order valence-corrected chi connectivity index (χ2v) is 3.88. The summed E-state index contributed by atoms with van der Waals surface area (Å²) in [5.74, 6) is 0.582. The molecule has 0 aromatic heterocycles. The van der Waals surface area contributed by atoms with Gasteiger partial charge in [-0.1, -0.05) is 11.6 Å². The Morgan fingerprint density at radius 2 is 2.12 bits per heavy atom. The third-order valence-corrected chi connectivity index (χ3v) is 2.69. The van der Waals surface area contributed by atoms with E-state index in [9.17, 15) is 10.2 Å². The summed E-state index contributed by atoms with van der Waals surface area (Å²) in [7, 11) is 1.52. The summed E-state index contributed by atoms with van der Waals surface area (Å²) >= 11 is 5.93. The summed E-state index contributed by atoms with van der Waals surface area (Å²) < 4.78 is 5.02. The fraction of sp³-hybridized carbons (Fsp3) is 0.455. The molecule has 16 heavy (non-hydrogen) atoms. The molecule has 2 unspecified atom stereocenters. The predicted molar refractivity (Wildman–Crippen MR) is 62.6 cm³/mol. The lowest BCUT2D eigenvalue weighted by atomic mass is 10.0. The summed E-state index contributed by atoms with van der Waals surface area (Å²) in [5, 5.41) is 19.9. The Balaban J connectivity index is 2.92. The zero-order valence-corrected chi connectivity index (χ0v) is 9.81. The van der Waals surface area contributed by atoms with Crippen LogP contribution in [0.15, 0.2) is 18.2 Å². The Labute approximate surface area is 99.6 Å². The van der Waals surface area contributed by atoms with Gasteiger partial charge in [-0.05, 0) is 31.2 Å². The molecule has 0 fully saturated rings. The smallest absolute Gasteiger partial charge is 0.119 e. The second-order valence-electron chi connectivity index (χ2n) is 3.48. The molecule has 0 aliphatic carbocycles. The molecule has 0 aliphatic heterocycles. The highest BCUT2D eigenvalue weighted by atomic mass is 35.5. The van der Waals surface area contributed by atoms with Crippen molar-refractivity contribution in [1.82, 2.24) is 0 Å². The molecule has 1 rings (SSSR count). The number of hydrogen-bond acceptors (Lipinski definition) is 4. The molecule has 90 valence electrons. The third-order valence-electron chi connectivity index (χ3n) is 2.35. The quantitative estimate of drug-likeness (QED) is 0.726. The summed E-state index contributed by atoms with van der Waals surface area (Å²) in [5.41, 5.74) is 5.76. The minimum absolute atomic E-state index is 0.305. The first-order chi connectivity index (χ1) is 7.60. The average molecular weight is 246 g/mol. The SMILES string of the molecule is COc1ccc(Cl)c(C(O)C(O)CCN)c1. The van der Waals surface area contributed by atoms with Crippen molar-refractivity contribution in [1.29, 1.82) is 0 Å². The van der Waals surface area contributed by atoms with Gasteiger partial charge in [0.15, 0.2) is 0 Å². The number of hydrogen-bond donors (Lipinski definition) is 3. The monoisotopic (exact) mass is 245 g/mol. The Hall–Kier alpha value is -0.810. The number of ether oxygens (including phenoxy) is 1. The first kappa shape index (κ1) is 13.3. The van der Waals surface area contributed by atoms with Gasteiger partial charge in [-0.25, -0.2) is 0 Å². The van der Waals surface area contributed by atoms with E-state index < -0.39 is 12.2 Å². The normalized spacial score (nSPS) is 14.6. The molecule has 2 atom stereocenters. The first-order valence-electron chi connectivity index (χ1n) is 4.99. The zero-order valence-electron chi connectivity index (χ0n) is 9.06. The van der Waals surface area contributed by atoms with Crippen LogP contribution in [0.1, 0.15) is 18.1 Å². The molecule has 0 bridgehead atoms. The van der Waals surface area contributed by atoms with Gasteiger partial charge < -0.3 is 20.7 Å². The van der Waals surface area contributed by atoms with Crippen LogP contribution in [-0.4, -0.2) is 30.0 Å². The summed E-state index contributed by atoms with van der Waals surface area (Å²) in [6.07, 6.45) is -1.66. The molecule has 0 radical (unpaired) electrons. The second kappa shape index (κ2) is 6.06. The van der Waals surface area contributed by atoms with Gasteiger partial charge in [-0.3, -0.25) is 0 Å². The highest BCUT2D eigenvalue weighted by Gasteiger charge is 2.20. The molecule has 1 aromatic rings. The zero-order chi connectivity index (χ0) is 12.1. The summed E-state index contributed by atoms with van der Waals surface area (Å²) in [6.45, 7) is 0.305. The van der Waals surface area contributed by atoms with Crippen molar-refractivity contribution in [3.8, 4) is 5.75 Å². The fourth-order valence-electron chi connectivity index (χ4n) is 1.41. The van der Waals surface area contributed by atoms with Gasteiger partial charge >= 0.3 is 0 Å². The number of methoxy groups -OCH3 is 1. The van der Waals surface area contributed by atoms with Crippen LogP contribution >= 0.6 is 11.6 Å². The number of halogens is 1. The Kier molecular flexibility index (Phi) is 5.02. The number of nitrogens with two attached hydrogens (primary N) is 1. The molecule has 5 heteroatoms. The van der Waals surface area contributed by atoms with Gasteiger partial charge in [0.05, 0.1) is 13.2 Å². The molecule has 0 amide bonds. The average Bonchev–Trinajstić information content (AvgIpc) is 2.29. The van der Waals surface area contributed by atoms with Crippen LogP contribution in [-0.2, 0) is 0 Å². The molecule has 4 nitrogen and oxygen atoms in total. The van der Waals surface area contributed by atoms with Crippen molar-refractivity contribution in [3.05, 3.63) is 28.8 Å². The number of aliphatic hydroxyl groups excluding tert-OH is 2. The maximum atomic E-state index is 9.88. The van der Waals surface area contributed by atoms with Crippen molar-refractivity contribution in [2.45, 2.75) is 18.6 Å². The Morgan fingerprint density at radius 3 is 2.69 bits per heavy atom. The lowest BCUT2D eigenvalue weighted by Gasteiger charge is -2.19. The Bertz CT molecular complexity index is 346. The van der Waals surface area contributed by atoms with E-state index in [-0.39, 0.29) is 0 Å². The van der Waals surface area contributed by atoms with E-state index in [0.29, 0.717) is 29.3 Å². The van der Waals surface area contributed by atoms with E-state index in [1.807, 2.05) is 0 Å². The predicted octanol–water partition coefficient (Wildman–Crippen LogP) is 1.09. The first-order valence-corrected chi connectivity index (χ1v) is 5.37. The van der Waals surface area contributed by atoms with Crippen LogP contribution in [0.5, 0.6) is 5.75 Å².